The van der Waals surface area contributed by atoms with E-state index >= 15 is 0 Å². The smallest absolute Gasteiger partial charge is 0.314 e. The van der Waals surface area contributed by atoms with Gasteiger partial charge in [-0.2, -0.15) is 0 Å². The monoisotopic (exact) mass is 403 g/mol. The Bertz CT molecular complexity index is 520. The van der Waals surface area contributed by atoms with Crippen molar-refractivity contribution in [3.63, 3.8) is 0 Å². The van der Waals surface area contributed by atoms with E-state index in [4.69, 9.17) is 0 Å². The summed E-state index contributed by atoms with van der Waals surface area (Å²) in [5.41, 5.74) is 0. The van der Waals surface area contributed by atoms with E-state index in [0.29, 0.717) is 6.42 Å². The van der Waals surface area contributed by atoms with Crippen molar-refractivity contribution in [1.82, 2.24) is 0 Å². The van der Waals surface area contributed by atoms with Gasteiger partial charge in [-0.1, -0.05) is 96.8 Å². The molecule has 0 aromatic carbocycles. The van der Waals surface area contributed by atoms with Gasteiger partial charge in [0.1, 0.15) is 0 Å². The van der Waals surface area contributed by atoms with Crippen LogP contribution in [0.1, 0.15) is 110 Å². The molecule has 5 nitrogen and oxygen atoms in total. The lowest BCUT2D eigenvalue weighted by molar-refractivity contribution is -0.702. The Balaban J connectivity index is 1.85. The second-order valence-electron chi connectivity index (χ2n) is 8.49. The Morgan fingerprint density at radius 2 is 1.19 bits per heavy atom. The van der Waals surface area contributed by atoms with Crippen molar-refractivity contribution < 1.29 is 22.2 Å². The van der Waals surface area contributed by atoms with Crippen LogP contribution in [0.5, 0.6) is 0 Å². The molecule has 0 N–H and O–H groups in total. The third kappa shape index (κ3) is 10.0. The molecule has 0 bridgehead atoms. The zero-order valence-electron chi connectivity index (χ0n) is 17.6. The summed E-state index contributed by atoms with van der Waals surface area (Å²) in [5.74, 6) is -0.103. The first-order valence-corrected chi connectivity index (χ1v) is 12.6. The molecule has 160 valence electrons. The number of unbranched alkanes of at least 4 members (excludes halogenated alkanes) is 14. The minimum atomic E-state index is -4.34. The van der Waals surface area contributed by atoms with E-state index in [9.17, 15) is 17.8 Å². The Hall–Kier alpha value is -0.460. The SMILES string of the molecule is CCCCCCCCCCCCCCCCCC(=O)[N+]1(C)CC1S(=O)(=O)[O-]. The minimum absolute atomic E-state index is 0.103. The molecule has 1 aliphatic heterocycles. The number of nitrogens with zero attached hydrogens (tertiary/aromatic N) is 1. The van der Waals surface area contributed by atoms with E-state index in [1.165, 1.54) is 77.0 Å². The van der Waals surface area contributed by atoms with Crippen LogP contribution in [0.25, 0.3) is 0 Å². The van der Waals surface area contributed by atoms with Gasteiger partial charge < -0.3 is 4.55 Å². The molecule has 1 aliphatic rings. The quantitative estimate of drug-likeness (QED) is 0.146. The highest BCUT2D eigenvalue weighted by Gasteiger charge is 2.60. The molecule has 2 unspecified atom stereocenters. The molecule has 0 radical (unpaired) electrons. The Kier molecular flexibility index (Phi) is 11.7. The first kappa shape index (κ1) is 24.6. The van der Waals surface area contributed by atoms with Crippen molar-refractivity contribution in [3.05, 3.63) is 0 Å². The van der Waals surface area contributed by atoms with Gasteiger partial charge in [-0.3, -0.25) is 0 Å². The van der Waals surface area contributed by atoms with Crippen molar-refractivity contribution in [3.8, 4) is 0 Å². The lowest BCUT2D eigenvalue weighted by Gasteiger charge is -2.13. The van der Waals surface area contributed by atoms with Gasteiger partial charge in [-0.05, 0) is 6.42 Å². The number of hydrogen-bond acceptors (Lipinski definition) is 4. The highest BCUT2D eigenvalue weighted by atomic mass is 32.2. The van der Waals surface area contributed by atoms with E-state index in [1.54, 1.807) is 7.05 Å². The average Bonchev–Trinajstić information content (AvgIpc) is 3.32. The minimum Gasteiger partial charge on any atom is -0.743 e. The number of hydrogen-bond donors (Lipinski definition) is 0. The summed E-state index contributed by atoms with van der Waals surface area (Å²) in [7, 11) is -2.78. The molecule has 1 fully saturated rings. The van der Waals surface area contributed by atoms with Gasteiger partial charge in [-0.25, -0.2) is 17.7 Å². The molecule has 1 rings (SSSR count). The number of quaternary nitrogens is 1. The van der Waals surface area contributed by atoms with E-state index in [0.717, 1.165) is 19.3 Å². The van der Waals surface area contributed by atoms with Gasteiger partial charge in [0, 0.05) is 0 Å². The molecular formula is C21H41NO4S. The predicted molar refractivity (Wildman–Crippen MR) is 109 cm³/mol. The first-order chi connectivity index (χ1) is 12.8. The molecule has 0 spiro atoms. The molecule has 27 heavy (non-hydrogen) atoms. The second kappa shape index (κ2) is 12.9. The summed E-state index contributed by atoms with van der Waals surface area (Å²) < 4.78 is 32.8. The van der Waals surface area contributed by atoms with Crippen LogP contribution in [-0.4, -0.2) is 42.3 Å². The van der Waals surface area contributed by atoms with Crippen molar-refractivity contribution >= 4 is 16.0 Å². The third-order valence-electron chi connectivity index (χ3n) is 5.93. The van der Waals surface area contributed by atoms with Crippen LogP contribution < -0.4 is 0 Å². The van der Waals surface area contributed by atoms with Crippen molar-refractivity contribution in [2.45, 2.75) is 115 Å². The Labute approximate surface area is 167 Å². The summed E-state index contributed by atoms with van der Waals surface area (Å²) in [4.78, 5) is 12.1. The van der Waals surface area contributed by atoms with Crippen LogP contribution in [0.3, 0.4) is 0 Å². The van der Waals surface area contributed by atoms with E-state index in [1.807, 2.05) is 0 Å². The highest BCUT2D eigenvalue weighted by Crippen LogP contribution is 2.33. The van der Waals surface area contributed by atoms with Gasteiger partial charge >= 0.3 is 5.91 Å². The summed E-state index contributed by atoms with van der Waals surface area (Å²) in [5, 5.41) is -1.04. The number of rotatable bonds is 17. The molecule has 0 aromatic rings. The maximum Gasteiger partial charge on any atom is 0.314 e. The van der Waals surface area contributed by atoms with Crippen molar-refractivity contribution in [2.75, 3.05) is 13.6 Å². The van der Waals surface area contributed by atoms with Crippen LogP contribution in [0.2, 0.25) is 0 Å². The Morgan fingerprint density at radius 1 is 0.815 bits per heavy atom. The summed E-state index contributed by atoms with van der Waals surface area (Å²) in [6, 6.07) is 0. The fraction of sp³-hybridized carbons (Fsp3) is 0.952. The molecule has 1 amide bonds. The molecule has 1 saturated heterocycles. The van der Waals surface area contributed by atoms with Crippen LogP contribution in [0, 0.1) is 0 Å². The summed E-state index contributed by atoms with van der Waals surface area (Å²) in [6.07, 6.45) is 19.5. The zero-order valence-corrected chi connectivity index (χ0v) is 18.4. The van der Waals surface area contributed by atoms with Gasteiger partial charge in [-0.15, -0.1) is 0 Å². The molecule has 0 aromatic heterocycles. The first-order valence-electron chi connectivity index (χ1n) is 11.2. The fourth-order valence-electron chi connectivity index (χ4n) is 3.82. The standard InChI is InChI=1S/C21H41NO4S/c1-3-4-5-6-7-8-9-10-11-12-13-14-15-16-17-18-20(23)22(2)19-21(22)27(24,25)26/h21H,3-19H2,1-2H3. The number of likely N-dealkylation sites (N-methyl/N-ethyl adjacent to an activating group) is 1. The van der Waals surface area contributed by atoms with Gasteiger partial charge in [0.15, 0.2) is 16.7 Å². The van der Waals surface area contributed by atoms with Gasteiger partial charge in [0.25, 0.3) is 0 Å². The topological polar surface area (TPSA) is 74.3 Å². The van der Waals surface area contributed by atoms with E-state index in [-0.39, 0.29) is 16.9 Å². The lowest BCUT2D eigenvalue weighted by Crippen LogP contribution is -2.34. The lowest BCUT2D eigenvalue weighted by atomic mass is 10.0. The number of amides is 1. The van der Waals surface area contributed by atoms with Crippen molar-refractivity contribution in [2.24, 2.45) is 0 Å². The van der Waals surface area contributed by atoms with Crippen LogP contribution in [-0.2, 0) is 14.9 Å². The number of carbonyl (C=O) groups is 1. The molecular weight excluding hydrogens is 362 g/mol. The van der Waals surface area contributed by atoms with Gasteiger partial charge in [0.2, 0.25) is 5.37 Å². The molecule has 2 atom stereocenters. The van der Waals surface area contributed by atoms with Crippen molar-refractivity contribution in [1.29, 1.82) is 0 Å². The Morgan fingerprint density at radius 3 is 1.52 bits per heavy atom. The van der Waals surface area contributed by atoms with E-state index < -0.39 is 15.5 Å². The molecule has 6 heteroatoms. The second-order valence-corrected chi connectivity index (χ2v) is 10.0. The molecule has 0 aliphatic carbocycles. The number of carbonyl (C=O) groups excluding carboxylic acids is 1. The maximum absolute atomic E-state index is 12.1. The average molecular weight is 404 g/mol. The van der Waals surface area contributed by atoms with E-state index in [2.05, 4.69) is 6.92 Å². The maximum atomic E-state index is 12.1. The van der Waals surface area contributed by atoms with Gasteiger partial charge in [0.05, 0.1) is 13.5 Å². The van der Waals surface area contributed by atoms with Crippen LogP contribution >= 0.6 is 0 Å². The fourth-order valence-corrected chi connectivity index (χ4v) is 5.00. The third-order valence-corrected chi connectivity index (χ3v) is 7.22. The molecule has 1 heterocycles. The largest absolute Gasteiger partial charge is 0.743 e. The normalized spacial score (nSPS) is 22.1. The summed E-state index contributed by atoms with van der Waals surface area (Å²) in [6.45, 7) is 2.41. The highest BCUT2D eigenvalue weighted by molar-refractivity contribution is 7.86. The van der Waals surface area contributed by atoms with Crippen LogP contribution in [0.4, 0.5) is 0 Å². The molecule has 0 saturated carbocycles. The van der Waals surface area contributed by atoms with Crippen LogP contribution in [0.15, 0.2) is 0 Å². The summed E-state index contributed by atoms with van der Waals surface area (Å²) >= 11 is 0. The zero-order chi connectivity index (χ0) is 20.2. The predicted octanol–water partition coefficient (Wildman–Crippen LogP) is 5.11.